The van der Waals surface area contributed by atoms with Crippen LogP contribution in [0.25, 0.3) is 0 Å². The van der Waals surface area contributed by atoms with Crippen molar-refractivity contribution in [2.24, 2.45) is 0 Å². The van der Waals surface area contributed by atoms with Crippen molar-refractivity contribution in [3.8, 4) is 0 Å². The maximum Gasteiger partial charge on any atom is 0.293 e. The Bertz CT molecular complexity index is 603. The van der Waals surface area contributed by atoms with Gasteiger partial charge in [0, 0.05) is 11.1 Å². The van der Waals surface area contributed by atoms with Gasteiger partial charge in [-0.25, -0.2) is 4.39 Å². The molecule has 0 saturated carbocycles. The topological polar surface area (TPSA) is 35.5 Å². The lowest BCUT2D eigenvalue weighted by molar-refractivity contribution is -0.129. The molecule has 0 bridgehead atoms. The van der Waals surface area contributed by atoms with Crippen molar-refractivity contribution >= 4 is 6.47 Å². The van der Waals surface area contributed by atoms with Crippen LogP contribution in [-0.2, 0) is 14.3 Å². The second kappa shape index (κ2) is 14.7. The van der Waals surface area contributed by atoms with Crippen molar-refractivity contribution in [2.45, 2.75) is 34.1 Å². The molecule has 0 unspecified atom stereocenters. The summed E-state index contributed by atoms with van der Waals surface area (Å²) < 4.78 is 24.0. The predicted octanol–water partition coefficient (Wildman–Crippen LogP) is 6.15. The lowest BCUT2D eigenvalue weighted by Gasteiger charge is -2.14. The molecule has 0 rings (SSSR count). The van der Waals surface area contributed by atoms with E-state index in [1.165, 1.54) is 11.6 Å². The zero-order chi connectivity index (χ0) is 20.7. The monoisotopic (exact) mass is 362 g/mol. The average Bonchev–Trinajstić information content (AvgIpc) is 2.54. The van der Waals surface area contributed by atoms with Gasteiger partial charge in [0.1, 0.15) is 24.8 Å². The fraction of sp³-hybridized carbons (Fsp3) is 0.318. The first kappa shape index (κ1) is 25.6. The van der Waals surface area contributed by atoms with Crippen molar-refractivity contribution in [1.29, 1.82) is 0 Å². The summed E-state index contributed by atoms with van der Waals surface area (Å²) in [5.41, 5.74) is 2.94. The van der Waals surface area contributed by atoms with Crippen LogP contribution in [0.5, 0.6) is 0 Å². The van der Waals surface area contributed by atoms with Gasteiger partial charge in [0.25, 0.3) is 6.47 Å². The summed E-state index contributed by atoms with van der Waals surface area (Å²) in [6, 6.07) is 0. The molecule has 0 radical (unpaired) electrons. The standard InChI is InChI=1S/C18H23FO3.C4H8/c1-7-14(4)11-18(22-9-8-21-12-20)16(6)15(5)17(19)10-13(2)3;1-4(2)3/h10-12H,2,4-9H2,1,3H3;1H2,2-3H3/b17-10+,18-11+;. The van der Waals surface area contributed by atoms with Gasteiger partial charge in [0.2, 0.25) is 0 Å². The number of carbonyl (C=O) groups is 1. The van der Waals surface area contributed by atoms with Crippen LogP contribution in [0.2, 0.25) is 0 Å². The summed E-state index contributed by atoms with van der Waals surface area (Å²) in [5.74, 6) is -0.185. The van der Waals surface area contributed by atoms with Gasteiger partial charge in [-0.15, -0.1) is 6.58 Å². The maximum absolute atomic E-state index is 14.0. The molecule has 0 atom stereocenters. The molecule has 3 nitrogen and oxygen atoms in total. The lowest BCUT2D eigenvalue weighted by atomic mass is 10.0. The molecule has 4 heteroatoms. The number of hydrogen-bond donors (Lipinski definition) is 0. The number of allylic oxidation sites excluding steroid dienone is 7. The predicted molar refractivity (Wildman–Crippen MR) is 108 cm³/mol. The van der Waals surface area contributed by atoms with Crippen LogP contribution in [-0.4, -0.2) is 19.7 Å². The van der Waals surface area contributed by atoms with Crippen LogP contribution in [0.4, 0.5) is 4.39 Å². The van der Waals surface area contributed by atoms with Gasteiger partial charge in [-0.05, 0) is 39.3 Å². The Balaban J connectivity index is 0. The molecular weight excluding hydrogens is 331 g/mol. The molecule has 0 N–H and O–H groups in total. The Labute approximate surface area is 157 Å². The number of halogens is 1. The van der Waals surface area contributed by atoms with E-state index in [0.717, 1.165) is 5.57 Å². The maximum atomic E-state index is 14.0. The summed E-state index contributed by atoms with van der Waals surface area (Å²) in [7, 11) is 0. The summed E-state index contributed by atoms with van der Waals surface area (Å²) in [4.78, 5) is 10.1. The highest BCUT2D eigenvalue weighted by Gasteiger charge is 2.13. The summed E-state index contributed by atoms with van der Waals surface area (Å²) >= 11 is 0. The quantitative estimate of drug-likeness (QED) is 0.145. The molecule has 0 aromatic heterocycles. The SMILES string of the molecule is C=C(C)/C=C(/F)C(=C)C(=C)/C(=C\C(=C)CC)OCCOC=O.C=C(C)C. The molecule has 0 heterocycles. The van der Waals surface area contributed by atoms with Crippen molar-refractivity contribution < 1.29 is 18.7 Å². The molecule has 0 fully saturated rings. The fourth-order valence-corrected chi connectivity index (χ4v) is 1.35. The van der Waals surface area contributed by atoms with E-state index < -0.39 is 5.83 Å². The second-order valence-corrected chi connectivity index (χ2v) is 5.84. The minimum absolute atomic E-state index is 0.0866. The number of rotatable bonds is 11. The van der Waals surface area contributed by atoms with Crippen LogP contribution < -0.4 is 0 Å². The summed E-state index contributed by atoms with van der Waals surface area (Å²) in [6.45, 7) is 26.6. The number of ether oxygens (including phenoxy) is 2. The van der Waals surface area contributed by atoms with Gasteiger partial charge < -0.3 is 9.47 Å². The summed E-state index contributed by atoms with van der Waals surface area (Å²) in [5, 5.41) is 0. The Kier molecular flexibility index (Phi) is 14.5. The number of hydrogen-bond acceptors (Lipinski definition) is 3. The van der Waals surface area contributed by atoms with Crippen molar-refractivity contribution in [1.82, 2.24) is 0 Å². The van der Waals surface area contributed by atoms with Crippen LogP contribution in [0.1, 0.15) is 34.1 Å². The van der Waals surface area contributed by atoms with Gasteiger partial charge >= 0.3 is 0 Å². The van der Waals surface area contributed by atoms with Crippen LogP contribution >= 0.6 is 0 Å². The minimum atomic E-state index is -0.529. The zero-order valence-corrected chi connectivity index (χ0v) is 16.5. The highest BCUT2D eigenvalue weighted by atomic mass is 19.1. The fourth-order valence-electron chi connectivity index (χ4n) is 1.35. The van der Waals surface area contributed by atoms with E-state index in [9.17, 15) is 9.18 Å². The molecule has 26 heavy (non-hydrogen) atoms. The molecule has 0 aliphatic heterocycles. The molecule has 144 valence electrons. The minimum Gasteiger partial charge on any atom is -0.489 e. The molecule has 0 aliphatic carbocycles. The molecule has 0 aromatic rings. The van der Waals surface area contributed by atoms with Gasteiger partial charge in [-0.2, -0.15) is 0 Å². The molecule has 0 aromatic carbocycles. The normalized spacial score (nSPS) is 10.8. The Morgan fingerprint density at radius 1 is 0.962 bits per heavy atom. The molecule has 0 spiro atoms. The van der Waals surface area contributed by atoms with Gasteiger partial charge in [0.05, 0.1) is 0 Å². The van der Waals surface area contributed by atoms with E-state index in [2.05, 4.69) is 37.6 Å². The third kappa shape index (κ3) is 13.8. The zero-order valence-electron chi connectivity index (χ0n) is 16.5. The number of carbonyl (C=O) groups excluding carboxylic acids is 1. The third-order valence-electron chi connectivity index (χ3n) is 2.64. The van der Waals surface area contributed by atoms with E-state index >= 15 is 0 Å². The van der Waals surface area contributed by atoms with Gasteiger partial charge in [-0.1, -0.05) is 50.0 Å². The van der Waals surface area contributed by atoms with Crippen molar-refractivity contribution in [3.05, 3.63) is 84.5 Å². The lowest BCUT2D eigenvalue weighted by Crippen LogP contribution is -2.06. The Morgan fingerprint density at radius 2 is 1.50 bits per heavy atom. The third-order valence-corrected chi connectivity index (χ3v) is 2.64. The Morgan fingerprint density at radius 3 is 1.92 bits per heavy atom. The highest BCUT2D eigenvalue weighted by Crippen LogP contribution is 2.26. The van der Waals surface area contributed by atoms with E-state index in [1.807, 2.05) is 20.8 Å². The Hall–Kier alpha value is -2.62. The first-order valence-corrected chi connectivity index (χ1v) is 8.17. The van der Waals surface area contributed by atoms with Crippen LogP contribution in [0.15, 0.2) is 84.5 Å². The molecule has 0 saturated heterocycles. The van der Waals surface area contributed by atoms with E-state index in [-0.39, 0.29) is 18.8 Å². The largest absolute Gasteiger partial charge is 0.489 e. The average molecular weight is 362 g/mol. The highest BCUT2D eigenvalue weighted by molar-refractivity contribution is 5.51. The van der Waals surface area contributed by atoms with E-state index in [4.69, 9.17) is 4.74 Å². The van der Waals surface area contributed by atoms with Crippen LogP contribution in [0, 0.1) is 0 Å². The van der Waals surface area contributed by atoms with Crippen molar-refractivity contribution in [2.75, 3.05) is 13.2 Å². The van der Waals surface area contributed by atoms with E-state index in [1.54, 1.807) is 13.0 Å². The van der Waals surface area contributed by atoms with E-state index in [0.29, 0.717) is 29.8 Å². The second-order valence-electron chi connectivity index (χ2n) is 5.84. The first-order chi connectivity index (χ1) is 12.1. The first-order valence-electron chi connectivity index (χ1n) is 8.17. The molecule has 0 amide bonds. The molecule has 0 aliphatic rings. The van der Waals surface area contributed by atoms with Crippen LogP contribution in [0.3, 0.4) is 0 Å². The molecular formula is C22H31FO3. The van der Waals surface area contributed by atoms with Gasteiger partial charge in [-0.3, -0.25) is 4.79 Å². The van der Waals surface area contributed by atoms with Gasteiger partial charge in [0.15, 0.2) is 0 Å². The summed E-state index contributed by atoms with van der Waals surface area (Å²) in [6.07, 6.45) is 3.65. The smallest absolute Gasteiger partial charge is 0.293 e. The van der Waals surface area contributed by atoms with Crippen molar-refractivity contribution in [3.63, 3.8) is 0 Å².